The Labute approximate surface area is 234 Å². The summed E-state index contributed by atoms with van der Waals surface area (Å²) in [6.45, 7) is 11.4. The van der Waals surface area contributed by atoms with Crippen LogP contribution >= 0.6 is 0 Å². The second kappa shape index (κ2) is 12.7. The Hall–Kier alpha value is -3.00. The van der Waals surface area contributed by atoms with Gasteiger partial charge in [-0.2, -0.15) is 0 Å². The summed E-state index contributed by atoms with van der Waals surface area (Å²) < 4.78 is 45.1. The number of carbonyl (C=O) groups excluding carboxylic acids is 4. The number of benzene rings is 1. The SMILES string of the molecule is COC(=O)CC1O[C@H](OCc2ccc(B3OC(C)(C)C(C)(C)O3)cc2)C(OC(C)=O)[C@@H](OC(C)=O)[C@@H]1OC(C)=O. The van der Waals surface area contributed by atoms with Crippen LogP contribution in [0.25, 0.3) is 0 Å². The van der Waals surface area contributed by atoms with Crippen LogP contribution in [0.1, 0.15) is 60.5 Å². The van der Waals surface area contributed by atoms with Crippen LogP contribution in [0.15, 0.2) is 24.3 Å². The topological polar surface area (TPSA) is 142 Å². The minimum Gasteiger partial charge on any atom is -0.469 e. The first-order valence-electron chi connectivity index (χ1n) is 12.9. The number of methoxy groups -OCH3 is 1. The van der Waals surface area contributed by atoms with Gasteiger partial charge in [0.1, 0.15) is 6.10 Å². The summed E-state index contributed by atoms with van der Waals surface area (Å²) in [6.07, 6.45) is -6.64. The molecule has 0 N–H and O–H groups in total. The Morgan fingerprint density at radius 3 is 1.80 bits per heavy atom. The van der Waals surface area contributed by atoms with Gasteiger partial charge < -0.3 is 37.7 Å². The Morgan fingerprint density at radius 1 is 0.800 bits per heavy atom. The van der Waals surface area contributed by atoms with Gasteiger partial charge in [-0.15, -0.1) is 0 Å². The molecular formula is C27H37BO12. The van der Waals surface area contributed by atoms with Gasteiger partial charge in [-0.05, 0) is 38.7 Å². The first-order valence-corrected chi connectivity index (χ1v) is 12.9. The number of hydrogen-bond donors (Lipinski definition) is 0. The standard InChI is InChI=1S/C27H37BO12/c1-15(29)35-22-20(13-21(32)33-8)38-25(24(37-17(3)31)23(22)36-16(2)30)34-14-18-9-11-19(12-10-18)28-39-26(4,5)27(6,7)40-28/h9-12,20,22-25H,13-14H2,1-8H3/t20?,22-,23+,24?,25+/m1/s1. The van der Waals surface area contributed by atoms with Gasteiger partial charge in [-0.1, -0.05) is 24.3 Å². The van der Waals surface area contributed by atoms with Crippen molar-refractivity contribution in [2.45, 2.75) is 103 Å². The number of hydrogen-bond acceptors (Lipinski definition) is 12. The van der Waals surface area contributed by atoms with Crippen molar-refractivity contribution in [3.05, 3.63) is 29.8 Å². The molecule has 0 bridgehead atoms. The first-order chi connectivity index (χ1) is 18.6. The van der Waals surface area contributed by atoms with Crippen LogP contribution in [-0.2, 0) is 63.5 Å². The molecule has 2 saturated heterocycles. The minimum atomic E-state index is -1.32. The maximum Gasteiger partial charge on any atom is 0.494 e. The van der Waals surface area contributed by atoms with Crippen molar-refractivity contribution in [1.29, 1.82) is 0 Å². The van der Waals surface area contributed by atoms with Gasteiger partial charge in [0, 0.05) is 20.8 Å². The Balaban J connectivity index is 1.82. The highest BCUT2D eigenvalue weighted by atomic mass is 16.7. The lowest BCUT2D eigenvalue weighted by atomic mass is 9.79. The van der Waals surface area contributed by atoms with Crippen LogP contribution in [0.4, 0.5) is 0 Å². The highest BCUT2D eigenvalue weighted by molar-refractivity contribution is 6.62. The molecule has 0 aromatic heterocycles. The molecule has 220 valence electrons. The average Bonchev–Trinajstić information content (AvgIpc) is 3.07. The monoisotopic (exact) mass is 564 g/mol. The van der Waals surface area contributed by atoms with E-state index < -0.39 is 72.9 Å². The van der Waals surface area contributed by atoms with Crippen molar-refractivity contribution in [1.82, 2.24) is 0 Å². The van der Waals surface area contributed by atoms with E-state index in [2.05, 4.69) is 0 Å². The Morgan fingerprint density at radius 2 is 1.30 bits per heavy atom. The summed E-state index contributed by atoms with van der Waals surface area (Å²) in [6, 6.07) is 7.34. The minimum absolute atomic E-state index is 0.00203. The number of ether oxygens (including phenoxy) is 6. The van der Waals surface area contributed by atoms with Crippen molar-refractivity contribution in [3.63, 3.8) is 0 Å². The second-order valence-corrected chi connectivity index (χ2v) is 10.7. The molecule has 0 radical (unpaired) electrons. The lowest BCUT2D eigenvalue weighted by molar-refractivity contribution is -0.306. The van der Waals surface area contributed by atoms with Gasteiger partial charge in [0.25, 0.3) is 0 Å². The molecule has 0 spiro atoms. The van der Waals surface area contributed by atoms with Crippen molar-refractivity contribution in [2.75, 3.05) is 7.11 Å². The summed E-state index contributed by atoms with van der Waals surface area (Å²) in [7, 11) is 0.662. The maximum absolute atomic E-state index is 12.1. The smallest absolute Gasteiger partial charge is 0.469 e. The fraction of sp³-hybridized carbons (Fsp3) is 0.630. The van der Waals surface area contributed by atoms with E-state index in [0.29, 0.717) is 0 Å². The van der Waals surface area contributed by atoms with Crippen molar-refractivity contribution >= 4 is 36.5 Å². The normalized spacial score (nSPS) is 27.0. The third kappa shape index (κ3) is 7.59. The molecule has 0 saturated carbocycles. The summed E-state index contributed by atoms with van der Waals surface area (Å²) in [5, 5.41) is 0. The predicted octanol–water partition coefficient (Wildman–Crippen LogP) is 1.59. The van der Waals surface area contributed by atoms with E-state index in [1.807, 2.05) is 52.0 Å². The van der Waals surface area contributed by atoms with Crippen LogP contribution in [0, 0.1) is 0 Å². The molecule has 12 nitrogen and oxygen atoms in total. The molecule has 13 heteroatoms. The van der Waals surface area contributed by atoms with E-state index in [9.17, 15) is 19.2 Å². The van der Waals surface area contributed by atoms with E-state index in [1.165, 1.54) is 7.11 Å². The third-order valence-electron chi connectivity index (χ3n) is 7.01. The highest BCUT2D eigenvalue weighted by Gasteiger charge is 2.53. The summed E-state index contributed by atoms with van der Waals surface area (Å²) in [5.74, 6) is -2.82. The molecular weight excluding hydrogens is 527 g/mol. The van der Waals surface area contributed by atoms with E-state index >= 15 is 0 Å². The number of rotatable bonds is 9. The second-order valence-electron chi connectivity index (χ2n) is 10.7. The number of esters is 4. The van der Waals surface area contributed by atoms with Crippen molar-refractivity contribution < 1.29 is 56.9 Å². The molecule has 1 aromatic rings. The van der Waals surface area contributed by atoms with Gasteiger partial charge >= 0.3 is 31.0 Å². The first kappa shape index (κ1) is 31.5. The van der Waals surface area contributed by atoms with Gasteiger partial charge in [0.05, 0.1) is 31.3 Å². The molecule has 2 aliphatic rings. The van der Waals surface area contributed by atoms with E-state index in [4.69, 9.17) is 37.7 Å². The van der Waals surface area contributed by atoms with Crippen molar-refractivity contribution in [2.24, 2.45) is 0 Å². The van der Waals surface area contributed by atoms with E-state index in [1.54, 1.807) is 0 Å². The molecule has 2 unspecified atom stereocenters. The van der Waals surface area contributed by atoms with Crippen LogP contribution in [0.3, 0.4) is 0 Å². The average molecular weight is 564 g/mol. The molecule has 1 aromatic carbocycles. The third-order valence-corrected chi connectivity index (χ3v) is 7.01. The molecule has 0 aliphatic carbocycles. The largest absolute Gasteiger partial charge is 0.494 e. The maximum atomic E-state index is 12.1. The summed E-state index contributed by atoms with van der Waals surface area (Å²) in [5.41, 5.74) is 0.604. The molecule has 40 heavy (non-hydrogen) atoms. The van der Waals surface area contributed by atoms with Crippen molar-refractivity contribution in [3.8, 4) is 0 Å². The highest BCUT2D eigenvalue weighted by Crippen LogP contribution is 2.36. The Bertz CT molecular complexity index is 1070. The lowest BCUT2D eigenvalue weighted by Crippen LogP contribution is -2.62. The molecule has 2 aliphatic heterocycles. The molecule has 0 amide bonds. The molecule has 3 rings (SSSR count). The van der Waals surface area contributed by atoms with Gasteiger partial charge in [0.15, 0.2) is 24.6 Å². The fourth-order valence-electron chi connectivity index (χ4n) is 4.33. The van der Waals surface area contributed by atoms with Gasteiger partial charge in [0.2, 0.25) is 0 Å². The van der Waals surface area contributed by atoms with Crippen LogP contribution < -0.4 is 5.46 Å². The molecule has 2 heterocycles. The Kier molecular flexibility index (Phi) is 9.99. The number of carbonyl (C=O) groups is 4. The van der Waals surface area contributed by atoms with Gasteiger partial charge in [-0.25, -0.2) is 0 Å². The quantitative estimate of drug-likeness (QED) is 0.244. The van der Waals surface area contributed by atoms with Crippen LogP contribution in [0.2, 0.25) is 0 Å². The summed E-state index contributed by atoms with van der Waals surface area (Å²) >= 11 is 0. The van der Waals surface area contributed by atoms with E-state index in [-0.39, 0.29) is 13.0 Å². The summed E-state index contributed by atoms with van der Waals surface area (Å²) in [4.78, 5) is 47.9. The van der Waals surface area contributed by atoms with Gasteiger partial charge in [-0.3, -0.25) is 19.2 Å². The van der Waals surface area contributed by atoms with E-state index in [0.717, 1.165) is 31.8 Å². The zero-order valence-corrected chi connectivity index (χ0v) is 24.1. The fourth-order valence-corrected chi connectivity index (χ4v) is 4.33. The molecule has 2 fully saturated rings. The zero-order valence-electron chi connectivity index (χ0n) is 24.1. The predicted molar refractivity (Wildman–Crippen MR) is 139 cm³/mol. The van der Waals surface area contributed by atoms with Crippen LogP contribution in [0.5, 0.6) is 0 Å². The zero-order chi connectivity index (χ0) is 29.8. The van der Waals surface area contributed by atoms with Crippen LogP contribution in [-0.4, -0.2) is 80.0 Å². The lowest BCUT2D eigenvalue weighted by Gasteiger charge is -2.44. The molecule has 5 atom stereocenters.